The first-order chi connectivity index (χ1) is 15.4. The molecule has 0 aliphatic carbocycles. The number of aromatic hydroxyl groups is 1. The molecule has 0 saturated carbocycles. The van der Waals surface area contributed by atoms with Gasteiger partial charge in [0, 0.05) is 19.8 Å². The molecule has 0 spiro atoms. The molecule has 1 aromatic carbocycles. The molecule has 172 valence electrons. The number of fused-ring (bicyclic) bond motifs is 5. The van der Waals surface area contributed by atoms with Gasteiger partial charge in [0.05, 0.1) is 41.3 Å². The zero-order valence-corrected chi connectivity index (χ0v) is 17.7. The van der Waals surface area contributed by atoms with Gasteiger partial charge in [0.1, 0.15) is 5.69 Å². The molecule has 4 heterocycles. The first-order valence-electron chi connectivity index (χ1n) is 9.62. The second-order valence-electron chi connectivity index (χ2n) is 7.89. The third kappa shape index (κ3) is 2.92. The van der Waals surface area contributed by atoms with Crippen LogP contribution in [0.1, 0.15) is 35.3 Å². The lowest BCUT2D eigenvalue weighted by Gasteiger charge is -2.25. The van der Waals surface area contributed by atoms with Crippen LogP contribution in [0.25, 0.3) is 5.69 Å². The van der Waals surface area contributed by atoms with Crippen molar-refractivity contribution in [1.82, 2.24) is 23.0 Å². The number of aryl methyl sites for hydroxylation is 1. The van der Waals surface area contributed by atoms with E-state index in [-0.39, 0.29) is 29.4 Å². The minimum Gasteiger partial charge on any atom is -0.493 e. The predicted octanol–water partition coefficient (Wildman–Crippen LogP) is 1.66. The summed E-state index contributed by atoms with van der Waals surface area (Å²) in [6.45, 7) is -0.0406. The molecule has 1 fully saturated rings. The van der Waals surface area contributed by atoms with Crippen molar-refractivity contribution in [1.29, 1.82) is 5.26 Å². The molecule has 5 rings (SSSR count). The van der Waals surface area contributed by atoms with Crippen LogP contribution in [0.4, 0.5) is 13.2 Å². The molecule has 0 radical (unpaired) electrons. The van der Waals surface area contributed by atoms with E-state index >= 15 is 0 Å². The molecule has 0 unspecified atom stereocenters. The summed E-state index contributed by atoms with van der Waals surface area (Å²) in [6, 6.07) is 2.63. The number of sulfonamides is 1. The standard InChI is InChI=1S/C19H15F3N6O4S/c1-25-8-15(24-9-25)33(31,32)26-7-12-5-14(26)16-17(29)28(18(30)27(12)16)11-3-2-10(6-23)13(4-11)19(20,21)22/h2-4,8-9,12,14,29H,5,7H2,1H3/t12-,14-/m0/s1. The Kier molecular flexibility index (Phi) is 4.33. The molecule has 0 amide bonds. The lowest BCUT2D eigenvalue weighted by atomic mass is 10.1. The number of benzene rings is 1. The number of halogens is 3. The van der Waals surface area contributed by atoms with Gasteiger partial charge in [-0.05, 0) is 24.6 Å². The maximum absolute atomic E-state index is 13.4. The molecule has 2 aromatic heterocycles. The fourth-order valence-corrected chi connectivity index (χ4v) is 6.16. The Balaban J connectivity index is 1.62. The quantitative estimate of drug-likeness (QED) is 0.608. The molecule has 1 N–H and O–H groups in total. The SMILES string of the molecule is Cn1cnc(S(=O)(=O)N2C[C@@H]3C[C@H]2c2c(O)n(-c4ccc(C#N)c(C(F)(F)F)c4)c(=O)n23)c1. The van der Waals surface area contributed by atoms with Gasteiger partial charge in [0.15, 0.2) is 5.03 Å². The number of rotatable bonds is 3. The van der Waals surface area contributed by atoms with Gasteiger partial charge in [-0.2, -0.15) is 22.7 Å². The minimum absolute atomic E-state index is 0.00803. The van der Waals surface area contributed by atoms with Crippen LogP contribution in [0.5, 0.6) is 5.88 Å². The van der Waals surface area contributed by atoms with Crippen molar-refractivity contribution in [3.8, 4) is 17.6 Å². The van der Waals surface area contributed by atoms with Crippen LogP contribution in [0.15, 0.2) is 40.5 Å². The van der Waals surface area contributed by atoms with Crippen molar-refractivity contribution >= 4 is 10.0 Å². The molecule has 1 saturated heterocycles. The molecule has 2 bridgehead atoms. The van der Waals surface area contributed by atoms with Crippen LogP contribution in [-0.2, 0) is 23.2 Å². The first-order valence-corrected chi connectivity index (χ1v) is 11.1. The number of nitrogens with zero attached hydrogens (tertiary/aromatic N) is 6. The maximum Gasteiger partial charge on any atom is 0.417 e. The summed E-state index contributed by atoms with van der Waals surface area (Å²) in [5.41, 5.74) is -2.94. The minimum atomic E-state index is -4.85. The van der Waals surface area contributed by atoms with Gasteiger partial charge in [-0.1, -0.05) is 0 Å². The molecular formula is C19H15F3N6O4S. The highest BCUT2D eigenvalue weighted by molar-refractivity contribution is 7.89. The third-order valence-corrected chi connectivity index (χ3v) is 7.71. The van der Waals surface area contributed by atoms with Crippen LogP contribution >= 0.6 is 0 Å². The predicted molar refractivity (Wildman–Crippen MR) is 105 cm³/mol. The van der Waals surface area contributed by atoms with Crippen LogP contribution < -0.4 is 5.69 Å². The number of aromatic nitrogens is 4. The second kappa shape index (κ2) is 6.72. The monoisotopic (exact) mass is 480 g/mol. The smallest absolute Gasteiger partial charge is 0.417 e. The van der Waals surface area contributed by atoms with Crippen LogP contribution in [0.3, 0.4) is 0 Å². The van der Waals surface area contributed by atoms with E-state index in [1.54, 1.807) is 7.05 Å². The summed E-state index contributed by atoms with van der Waals surface area (Å²) in [4.78, 5) is 16.9. The van der Waals surface area contributed by atoms with E-state index in [4.69, 9.17) is 5.26 Å². The molecule has 14 heteroatoms. The summed E-state index contributed by atoms with van der Waals surface area (Å²) in [7, 11) is -2.42. The van der Waals surface area contributed by atoms with Gasteiger partial charge >= 0.3 is 11.9 Å². The molecule has 10 nitrogen and oxygen atoms in total. The van der Waals surface area contributed by atoms with E-state index in [0.717, 1.165) is 16.4 Å². The van der Waals surface area contributed by atoms with Crippen molar-refractivity contribution < 1.29 is 26.7 Å². The Morgan fingerprint density at radius 3 is 2.64 bits per heavy atom. The fourth-order valence-electron chi connectivity index (χ4n) is 4.55. The van der Waals surface area contributed by atoms with E-state index in [1.165, 1.54) is 27.7 Å². The van der Waals surface area contributed by atoms with Crippen molar-refractivity contribution in [2.45, 2.75) is 29.7 Å². The van der Waals surface area contributed by atoms with Gasteiger partial charge in [-0.3, -0.25) is 4.57 Å². The topological polar surface area (TPSA) is 126 Å². The van der Waals surface area contributed by atoms with Crippen molar-refractivity contribution in [3.63, 3.8) is 0 Å². The van der Waals surface area contributed by atoms with Gasteiger partial charge in [0.25, 0.3) is 10.0 Å². The average molecular weight is 480 g/mol. The van der Waals surface area contributed by atoms with Crippen molar-refractivity contribution in [2.75, 3.05) is 6.54 Å². The highest BCUT2D eigenvalue weighted by Gasteiger charge is 2.52. The van der Waals surface area contributed by atoms with E-state index in [0.29, 0.717) is 10.6 Å². The zero-order chi connectivity index (χ0) is 23.9. The number of hydrogen-bond acceptors (Lipinski definition) is 6. The van der Waals surface area contributed by atoms with Gasteiger partial charge in [-0.25, -0.2) is 22.8 Å². The molecule has 33 heavy (non-hydrogen) atoms. The number of imidazole rings is 2. The highest BCUT2D eigenvalue weighted by atomic mass is 32.2. The second-order valence-corrected chi connectivity index (χ2v) is 9.73. The van der Waals surface area contributed by atoms with Crippen molar-refractivity contribution in [3.05, 3.63) is 58.0 Å². The number of nitriles is 1. The summed E-state index contributed by atoms with van der Waals surface area (Å²) < 4.78 is 70.8. The first kappa shape index (κ1) is 21.3. The lowest BCUT2D eigenvalue weighted by molar-refractivity contribution is -0.137. The Morgan fingerprint density at radius 2 is 2.03 bits per heavy atom. The van der Waals surface area contributed by atoms with E-state index in [1.807, 2.05) is 0 Å². The van der Waals surface area contributed by atoms with E-state index in [9.17, 15) is 31.5 Å². The zero-order valence-electron chi connectivity index (χ0n) is 16.9. The summed E-state index contributed by atoms with van der Waals surface area (Å²) >= 11 is 0. The van der Waals surface area contributed by atoms with Gasteiger partial charge in [0.2, 0.25) is 5.88 Å². The average Bonchev–Trinajstić information content (AvgIpc) is 3.50. The summed E-state index contributed by atoms with van der Waals surface area (Å²) in [5, 5.41) is 19.6. The van der Waals surface area contributed by atoms with Crippen molar-refractivity contribution in [2.24, 2.45) is 7.05 Å². The van der Waals surface area contributed by atoms with Gasteiger partial charge < -0.3 is 9.67 Å². The third-order valence-electron chi connectivity index (χ3n) is 5.95. The lowest BCUT2D eigenvalue weighted by Crippen LogP contribution is -2.38. The Bertz CT molecular complexity index is 1510. The Labute approximate surface area is 184 Å². The van der Waals surface area contributed by atoms with Crippen LogP contribution in [-0.4, -0.2) is 43.1 Å². The van der Waals surface area contributed by atoms with E-state index < -0.39 is 51.0 Å². The van der Waals surface area contributed by atoms with E-state index in [2.05, 4.69) is 4.98 Å². The molecule has 3 aromatic rings. The number of alkyl halides is 3. The normalized spacial score (nSPS) is 20.2. The van der Waals surface area contributed by atoms with Crippen LogP contribution in [0, 0.1) is 11.3 Å². The largest absolute Gasteiger partial charge is 0.493 e. The molecule has 2 aliphatic rings. The highest BCUT2D eigenvalue weighted by Crippen LogP contribution is 2.50. The fraction of sp³-hybridized carbons (Fsp3) is 0.316. The summed E-state index contributed by atoms with van der Waals surface area (Å²) in [5.74, 6) is -0.647. The molecule has 2 atom stereocenters. The Morgan fingerprint density at radius 1 is 1.30 bits per heavy atom. The maximum atomic E-state index is 13.4. The summed E-state index contributed by atoms with van der Waals surface area (Å²) in [6.07, 6.45) is -1.95. The van der Waals surface area contributed by atoms with Crippen LogP contribution in [0.2, 0.25) is 0 Å². The Hall–Kier alpha value is -3.57. The molecule has 2 aliphatic heterocycles. The van der Waals surface area contributed by atoms with Gasteiger partial charge in [-0.15, -0.1) is 0 Å². The molecular weight excluding hydrogens is 465 g/mol. The number of hydrogen-bond donors (Lipinski definition) is 1.